The van der Waals surface area contributed by atoms with Crippen molar-refractivity contribution in [2.24, 2.45) is 0 Å². The van der Waals surface area contributed by atoms with Gasteiger partial charge in [-0.1, -0.05) is 6.92 Å². The highest BCUT2D eigenvalue weighted by Crippen LogP contribution is 2.22. The maximum atomic E-state index is 8.97. The summed E-state index contributed by atoms with van der Waals surface area (Å²) in [6.07, 6.45) is 0.854. The minimum Gasteiger partial charge on any atom is -0.385 e. The molecule has 0 unspecified atom stereocenters. The van der Waals surface area contributed by atoms with Crippen LogP contribution < -0.4 is 5.73 Å². The van der Waals surface area contributed by atoms with Gasteiger partial charge in [-0.3, -0.25) is 0 Å². The summed E-state index contributed by atoms with van der Waals surface area (Å²) in [6.45, 7) is 6.08. The lowest BCUT2D eigenvalue weighted by Crippen LogP contribution is -2.07. The van der Waals surface area contributed by atoms with E-state index in [1.54, 1.807) is 0 Å². The SMILES string of the molecule is CCc1cc(N)n(C(C)C)c1C#N. The monoisotopic (exact) mass is 177 g/mol. The fourth-order valence-electron chi connectivity index (χ4n) is 1.55. The minimum absolute atomic E-state index is 0.245. The van der Waals surface area contributed by atoms with Gasteiger partial charge < -0.3 is 10.3 Å². The summed E-state index contributed by atoms with van der Waals surface area (Å²) in [5.74, 6) is 0.684. The van der Waals surface area contributed by atoms with E-state index >= 15 is 0 Å². The largest absolute Gasteiger partial charge is 0.385 e. The molecule has 0 aliphatic carbocycles. The summed E-state index contributed by atoms with van der Waals surface area (Å²) in [7, 11) is 0. The second-order valence-corrected chi connectivity index (χ2v) is 3.37. The molecule has 1 aromatic rings. The molecule has 0 amide bonds. The van der Waals surface area contributed by atoms with Crippen LogP contribution in [-0.4, -0.2) is 4.57 Å². The normalized spacial score (nSPS) is 10.4. The van der Waals surface area contributed by atoms with Gasteiger partial charge in [0.2, 0.25) is 0 Å². The Morgan fingerprint density at radius 1 is 1.62 bits per heavy atom. The van der Waals surface area contributed by atoms with Gasteiger partial charge in [0.25, 0.3) is 0 Å². The van der Waals surface area contributed by atoms with E-state index in [-0.39, 0.29) is 6.04 Å². The fourth-order valence-corrected chi connectivity index (χ4v) is 1.55. The summed E-state index contributed by atoms with van der Waals surface area (Å²) in [5, 5.41) is 8.97. The molecule has 3 nitrogen and oxygen atoms in total. The molecule has 1 aromatic heterocycles. The molecule has 3 heteroatoms. The lowest BCUT2D eigenvalue weighted by atomic mass is 10.2. The van der Waals surface area contributed by atoms with E-state index in [9.17, 15) is 0 Å². The van der Waals surface area contributed by atoms with E-state index in [0.29, 0.717) is 11.5 Å². The van der Waals surface area contributed by atoms with Crippen molar-refractivity contribution >= 4 is 5.82 Å². The number of nitrogens with two attached hydrogens (primary N) is 1. The molecule has 0 aromatic carbocycles. The minimum atomic E-state index is 0.245. The van der Waals surface area contributed by atoms with Crippen LogP contribution in [-0.2, 0) is 6.42 Å². The van der Waals surface area contributed by atoms with Gasteiger partial charge in [0.05, 0.1) is 0 Å². The molecule has 13 heavy (non-hydrogen) atoms. The Balaban J connectivity index is 3.33. The quantitative estimate of drug-likeness (QED) is 0.752. The number of hydrogen-bond acceptors (Lipinski definition) is 2. The molecule has 1 heterocycles. The highest BCUT2D eigenvalue weighted by Gasteiger charge is 2.13. The lowest BCUT2D eigenvalue weighted by Gasteiger charge is -2.11. The number of rotatable bonds is 2. The molecule has 0 atom stereocenters. The first-order valence-corrected chi connectivity index (χ1v) is 4.51. The Bertz CT molecular complexity index is 342. The Morgan fingerprint density at radius 3 is 2.62 bits per heavy atom. The van der Waals surface area contributed by atoms with Crippen molar-refractivity contribution in [3.05, 3.63) is 17.3 Å². The number of nitrogens with zero attached hydrogens (tertiary/aromatic N) is 2. The van der Waals surface area contributed by atoms with Crippen molar-refractivity contribution < 1.29 is 0 Å². The summed E-state index contributed by atoms with van der Waals surface area (Å²) >= 11 is 0. The van der Waals surface area contributed by atoms with Gasteiger partial charge in [0.15, 0.2) is 0 Å². The van der Waals surface area contributed by atoms with Gasteiger partial charge in [-0.15, -0.1) is 0 Å². The predicted molar refractivity (Wildman–Crippen MR) is 53.3 cm³/mol. The van der Waals surface area contributed by atoms with Crippen LogP contribution in [0.5, 0.6) is 0 Å². The fraction of sp³-hybridized carbons (Fsp3) is 0.500. The molecule has 0 aliphatic heterocycles. The Kier molecular flexibility index (Phi) is 2.62. The molecule has 1 rings (SSSR count). The number of nitriles is 1. The molecule has 0 aliphatic rings. The zero-order valence-corrected chi connectivity index (χ0v) is 8.33. The van der Waals surface area contributed by atoms with Crippen molar-refractivity contribution in [3.63, 3.8) is 0 Å². The summed E-state index contributed by atoms with van der Waals surface area (Å²) in [5.41, 5.74) is 7.55. The van der Waals surface area contributed by atoms with E-state index in [1.165, 1.54) is 0 Å². The van der Waals surface area contributed by atoms with E-state index in [2.05, 4.69) is 6.07 Å². The first kappa shape index (κ1) is 9.66. The van der Waals surface area contributed by atoms with Gasteiger partial charge in [-0.25, -0.2) is 0 Å². The summed E-state index contributed by atoms with van der Waals surface area (Å²) in [6, 6.07) is 4.33. The Labute approximate surface area is 78.8 Å². The van der Waals surface area contributed by atoms with Crippen molar-refractivity contribution in [3.8, 4) is 6.07 Å². The number of aromatic nitrogens is 1. The highest BCUT2D eigenvalue weighted by molar-refractivity contribution is 5.47. The molecule has 0 saturated carbocycles. The maximum Gasteiger partial charge on any atom is 0.125 e. The van der Waals surface area contributed by atoms with Gasteiger partial charge in [-0.2, -0.15) is 5.26 Å². The number of hydrogen-bond donors (Lipinski definition) is 1. The second kappa shape index (κ2) is 3.53. The molecule has 0 radical (unpaired) electrons. The molecule has 2 N–H and O–H groups in total. The zero-order chi connectivity index (χ0) is 10.0. The van der Waals surface area contributed by atoms with Crippen LogP contribution in [0.2, 0.25) is 0 Å². The van der Waals surface area contributed by atoms with Gasteiger partial charge in [0, 0.05) is 6.04 Å². The van der Waals surface area contributed by atoms with Crippen LogP contribution in [0.1, 0.15) is 38.1 Å². The van der Waals surface area contributed by atoms with E-state index in [0.717, 1.165) is 12.0 Å². The van der Waals surface area contributed by atoms with Crippen LogP contribution in [0, 0.1) is 11.3 Å². The average molecular weight is 177 g/mol. The topological polar surface area (TPSA) is 54.7 Å². The standard InChI is InChI=1S/C10H15N3/c1-4-8-5-10(12)13(7(2)3)9(8)6-11/h5,7H,4,12H2,1-3H3. The molecule has 0 spiro atoms. The van der Waals surface area contributed by atoms with Crippen molar-refractivity contribution in [2.45, 2.75) is 33.2 Å². The molecule has 0 bridgehead atoms. The summed E-state index contributed by atoms with van der Waals surface area (Å²) < 4.78 is 1.87. The first-order valence-electron chi connectivity index (χ1n) is 4.51. The molecule has 0 saturated heterocycles. The summed E-state index contributed by atoms with van der Waals surface area (Å²) in [4.78, 5) is 0. The predicted octanol–water partition coefficient (Wildman–Crippen LogP) is 2.09. The van der Waals surface area contributed by atoms with Crippen LogP contribution in [0.4, 0.5) is 5.82 Å². The third kappa shape index (κ3) is 1.52. The van der Waals surface area contributed by atoms with Gasteiger partial charge in [0.1, 0.15) is 17.6 Å². The van der Waals surface area contributed by atoms with E-state index in [4.69, 9.17) is 11.0 Å². The van der Waals surface area contributed by atoms with E-state index < -0.39 is 0 Å². The maximum absolute atomic E-state index is 8.97. The lowest BCUT2D eigenvalue weighted by molar-refractivity contribution is 0.604. The van der Waals surface area contributed by atoms with E-state index in [1.807, 2.05) is 31.4 Å². The number of nitrogen functional groups attached to an aromatic ring is 1. The average Bonchev–Trinajstić information content (AvgIpc) is 2.41. The molecular weight excluding hydrogens is 162 g/mol. The van der Waals surface area contributed by atoms with Crippen LogP contribution in [0.15, 0.2) is 6.07 Å². The van der Waals surface area contributed by atoms with Gasteiger partial charge in [-0.05, 0) is 31.9 Å². The number of aryl methyl sites for hydroxylation is 1. The first-order chi connectivity index (χ1) is 6.11. The van der Waals surface area contributed by atoms with Crippen molar-refractivity contribution in [2.75, 3.05) is 5.73 Å². The van der Waals surface area contributed by atoms with Crippen molar-refractivity contribution in [1.82, 2.24) is 4.57 Å². The third-order valence-electron chi connectivity index (χ3n) is 2.15. The highest BCUT2D eigenvalue weighted by atomic mass is 15.1. The molecule has 0 fully saturated rings. The third-order valence-corrected chi connectivity index (χ3v) is 2.15. The van der Waals surface area contributed by atoms with Gasteiger partial charge >= 0.3 is 0 Å². The van der Waals surface area contributed by atoms with Crippen LogP contribution in [0.25, 0.3) is 0 Å². The molecular formula is C10H15N3. The molecule has 70 valence electrons. The Hall–Kier alpha value is -1.43. The van der Waals surface area contributed by atoms with Crippen LogP contribution in [0.3, 0.4) is 0 Å². The van der Waals surface area contributed by atoms with Crippen LogP contribution >= 0.6 is 0 Å². The second-order valence-electron chi connectivity index (χ2n) is 3.37. The zero-order valence-electron chi connectivity index (χ0n) is 8.33. The smallest absolute Gasteiger partial charge is 0.125 e. The van der Waals surface area contributed by atoms with Crippen molar-refractivity contribution in [1.29, 1.82) is 5.26 Å². The number of anilines is 1. The Morgan fingerprint density at radius 2 is 2.23 bits per heavy atom.